The molecule has 0 spiro atoms. The van der Waals surface area contributed by atoms with Gasteiger partial charge in [0.15, 0.2) is 0 Å². The molecule has 3 aromatic heterocycles. The van der Waals surface area contributed by atoms with Crippen molar-refractivity contribution < 1.29 is 23.9 Å². The van der Waals surface area contributed by atoms with Crippen molar-refractivity contribution in [3.8, 4) is 33.6 Å². The molecule has 4 heterocycles. The van der Waals surface area contributed by atoms with Crippen LogP contribution in [0, 0.1) is 11.8 Å². The first-order valence-corrected chi connectivity index (χ1v) is 20.9. The number of hydrogen-bond donors (Lipinski definition) is 4. The number of rotatable bonds is 13. The van der Waals surface area contributed by atoms with Crippen LogP contribution in [0.2, 0.25) is 0 Å². The van der Waals surface area contributed by atoms with E-state index < -0.39 is 18.2 Å². The van der Waals surface area contributed by atoms with Crippen molar-refractivity contribution in [2.24, 2.45) is 11.8 Å². The van der Waals surface area contributed by atoms with Gasteiger partial charge in [0.2, 0.25) is 12.3 Å². The Morgan fingerprint density at radius 3 is 2.08 bits per heavy atom. The Hall–Kier alpha value is -5.30. The number of hydrogen-bond acceptors (Lipinski definition) is 8. The summed E-state index contributed by atoms with van der Waals surface area (Å²) in [5.74, 6) is 4.63. The molecule has 3 aliphatic carbocycles. The molecule has 4 aliphatic rings. The normalized spacial score (nSPS) is 21.3. The number of aromatic amines is 2. The number of pyridine rings is 1. The zero-order valence-corrected chi connectivity index (χ0v) is 36.6. The molecule has 14 heteroatoms. The molecule has 3 amide bonds. The van der Waals surface area contributed by atoms with E-state index in [0.29, 0.717) is 24.9 Å². The zero-order chi connectivity index (χ0) is 40.9. The first-order valence-electron chi connectivity index (χ1n) is 20.9. The van der Waals surface area contributed by atoms with Crippen LogP contribution in [-0.2, 0) is 25.6 Å². The molecule has 3 saturated carbocycles. The molecule has 2 aromatic carbocycles. The quantitative estimate of drug-likeness (QED) is 0.0745. The minimum atomic E-state index is -0.863. The van der Waals surface area contributed by atoms with Gasteiger partial charge in [0.1, 0.15) is 17.7 Å². The van der Waals surface area contributed by atoms with Gasteiger partial charge in [-0.15, -0.1) is 0 Å². The molecule has 6 unspecified atom stereocenters. The monoisotopic (exact) mass is 880 g/mol. The number of aromatic nitrogens is 5. The molecular weight excluding hydrogens is 824 g/mol. The maximum atomic E-state index is 13.5. The van der Waals surface area contributed by atoms with Gasteiger partial charge in [-0.1, -0.05) is 61.0 Å². The summed E-state index contributed by atoms with van der Waals surface area (Å²) in [6, 6.07) is 19.9. The third-order valence-corrected chi connectivity index (χ3v) is 12.7. The molecule has 316 valence electrons. The van der Waals surface area contributed by atoms with Crippen molar-refractivity contribution in [1.29, 1.82) is 0 Å². The van der Waals surface area contributed by atoms with Gasteiger partial charge in [-0.3, -0.25) is 14.6 Å². The third kappa shape index (κ3) is 9.51. The van der Waals surface area contributed by atoms with E-state index in [1.54, 1.807) is 11.8 Å². The van der Waals surface area contributed by atoms with Gasteiger partial charge in [0.25, 0.3) is 0 Å². The van der Waals surface area contributed by atoms with Crippen LogP contribution in [0.5, 0.6) is 0 Å². The van der Waals surface area contributed by atoms with Crippen molar-refractivity contribution in [2.45, 2.75) is 94.9 Å². The number of imidazole rings is 2. The van der Waals surface area contributed by atoms with Crippen LogP contribution in [0.25, 0.3) is 33.6 Å². The van der Waals surface area contributed by atoms with Gasteiger partial charge in [-0.05, 0) is 97.6 Å². The summed E-state index contributed by atoms with van der Waals surface area (Å²) in [6.07, 6.45) is 14.7. The fourth-order valence-electron chi connectivity index (χ4n) is 9.26. The van der Waals surface area contributed by atoms with Gasteiger partial charge < -0.3 is 35.0 Å². The average Bonchev–Trinajstić information content (AvgIpc) is 3.87. The van der Waals surface area contributed by atoms with Crippen LogP contribution in [0.1, 0.15) is 99.1 Å². The number of methoxy groups -OCH3 is 2. The SMILES string of the molecule is COC(=O)NC(C(=O)N1CCCC1c1ncc(-c2ccc(-c3ccc(-c4cnc(C5CC6CCC5C6)[nH]4)cc3)cc2)[nH]1)C(C)OC.O=CNCc1cccnc1C1CC1.[SeH2]. The Kier molecular flexibility index (Phi) is 13.8. The number of carbonyl (C=O) groups is 3. The van der Waals surface area contributed by atoms with E-state index in [0.717, 1.165) is 87.6 Å². The molecule has 4 fully saturated rings. The molecule has 13 nitrogen and oxygen atoms in total. The number of alkyl carbamates (subject to hydrolysis) is 1. The third-order valence-electron chi connectivity index (χ3n) is 12.7. The number of nitrogens with zero attached hydrogens (tertiary/aromatic N) is 4. The number of H-pyrrole nitrogens is 2. The van der Waals surface area contributed by atoms with Crippen molar-refractivity contribution in [3.05, 3.63) is 102 Å². The second-order valence-corrected chi connectivity index (χ2v) is 16.4. The van der Waals surface area contributed by atoms with Gasteiger partial charge in [0, 0.05) is 43.9 Å². The van der Waals surface area contributed by atoms with Crippen LogP contribution in [-0.4, -0.2) is 98.2 Å². The number of likely N-dealkylation sites (tertiary alicyclic amines) is 1. The summed E-state index contributed by atoms with van der Waals surface area (Å²) in [4.78, 5) is 58.2. The van der Waals surface area contributed by atoms with E-state index in [4.69, 9.17) is 14.5 Å². The maximum absolute atomic E-state index is 13.5. The zero-order valence-electron chi connectivity index (χ0n) is 34.5. The van der Waals surface area contributed by atoms with E-state index in [-0.39, 0.29) is 29.0 Å². The number of benzene rings is 2. The van der Waals surface area contributed by atoms with Crippen molar-refractivity contribution >= 4 is 35.5 Å². The summed E-state index contributed by atoms with van der Waals surface area (Å²) in [5.41, 5.74) is 8.72. The summed E-state index contributed by atoms with van der Waals surface area (Å²) in [5, 5.41) is 5.30. The van der Waals surface area contributed by atoms with Crippen molar-refractivity contribution in [3.63, 3.8) is 0 Å². The average molecular weight is 880 g/mol. The number of amides is 3. The van der Waals surface area contributed by atoms with Gasteiger partial charge >= 0.3 is 23.2 Å². The van der Waals surface area contributed by atoms with Crippen LogP contribution in [0.4, 0.5) is 4.79 Å². The van der Waals surface area contributed by atoms with Gasteiger partial charge in [-0.2, -0.15) is 0 Å². The number of carbonyl (C=O) groups excluding carboxylic acids is 3. The predicted molar refractivity (Wildman–Crippen MR) is 232 cm³/mol. The van der Waals surface area contributed by atoms with Crippen LogP contribution >= 0.6 is 0 Å². The first kappa shape index (κ1) is 42.8. The van der Waals surface area contributed by atoms with Crippen LogP contribution in [0.15, 0.2) is 79.3 Å². The Labute approximate surface area is 361 Å². The molecule has 6 atom stereocenters. The molecule has 4 N–H and O–H groups in total. The van der Waals surface area contributed by atoms with Crippen LogP contribution < -0.4 is 10.6 Å². The molecule has 0 radical (unpaired) electrons. The first-order chi connectivity index (χ1) is 28.8. The Morgan fingerprint density at radius 1 is 0.850 bits per heavy atom. The molecule has 60 heavy (non-hydrogen) atoms. The van der Waals surface area contributed by atoms with E-state index in [1.807, 2.05) is 30.7 Å². The molecule has 5 aromatic rings. The van der Waals surface area contributed by atoms with E-state index in [1.165, 1.54) is 52.7 Å². The van der Waals surface area contributed by atoms with Gasteiger partial charge in [0.05, 0.1) is 43.0 Å². The standard InChI is InChI=1S/C36H42N6O4.C10H12N2O.H2Se/c1-21(45-2)32(41-36(44)46-3)35(43)42-16-4-5-31(42)34-38-20-30(40-34)26-14-10-24(11-15-26)23-8-12-25(13-9-23)29-19-37-33(39-29)28-18-22-6-7-27(28)17-22;13-7-11-6-9-2-1-5-12-10(9)8-3-4-8;/h8-15,19-22,27-28,31-32H,4-7,16-18H2,1-3H3,(H,37,39)(H,38,40)(H,41,44);1-2,5,7-8H,3-4,6H2,(H,11,13);1H2. The van der Waals surface area contributed by atoms with Gasteiger partial charge in [-0.25, -0.2) is 14.8 Å². The second kappa shape index (κ2) is 19.4. The van der Waals surface area contributed by atoms with E-state index in [2.05, 4.69) is 79.1 Å². The Bertz CT molecular complexity index is 2220. The Balaban J connectivity index is 0.000000331. The fraction of sp³-hybridized carbons (Fsp3) is 0.435. The number of fused-ring (bicyclic) bond motifs is 2. The number of ether oxygens (including phenoxy) is 2. The summed E-state index contributed by atoms with van der Waals surface area (Å²) in [6.45, 7) is 2.93. The summed E-state index contributed by atoms with van der Waals surface area (Å²) in [7, 11) is 2.79. The Morgan fingerprint density at radius 2 is 1.50 bits per heavy atom. The second-order valence-electron chi connectivity index (χ2n) is 16.4. The molecular formula is C46H56N8O5Se. The molecule has 9 rings (SSSR count). The topological polar surface area (TPSA) is 167 Å². The van der Waals surface area contributed by atoms with Crippen LogP contribution in [0.3, 0.4) is 0 Å². The van der Waals surface area contributed by atoms with E-state index in [9.17, 15) is 14.4 Å². The fourth-order valence-corrected chi connectivity index (χ4v) is 9.26. The number of nitrogens with one attached hydrogen (secondary N) is 4. The van der Waals surface area contributed by atoms with Crippen molar-refractivity contribution in [1.82, 2.24) is 40.5 Å². The molecule has 2 bridgehead atoms. The summed E-state index contributed by atoms with van der Waals surface area (Å²) >= 11 is 0. The predicted octanol–water partition coefficient (Wildman–Crippen LogP) is 6.75. The molecule has 1 aliphatic heterocycles. The molecule has 1 saturated heterocycles. The van der Waals surface area contributed by atoms with E-state index >= 15 is 0 Å². The summed E-state index contributed by atoms with van der Waals surface area (Å²) < 4.78 is 10.1. The van der Waals surface area contributed by atoms with Crippen molar-refractivity contribution in [2.75, 3.05) is 20.8 Å². The minimum absolute atomic E-state index is 0.